The van der Waals surface area contributed by atoms with E-state index >= 15 is 0 Å². The van der Waals surface area contributed by atoms with Gasteiger partial charge in [0.2, 0.25) is 11.8 Å². The molecular formula is C17H29N3O4. The summed E-state index contributed by atoms with van der Waals surface area (Å²) in [5.74, 6) is -0.294. The van der Waals surface area contributed by atoms with Crippen LogP contribution in [0.1, 0.15) is 19.5 Å². The average molecular weight is 339 g/mol. The predicted octanol–water partition coefficient (Wildman–Crippen LogP) is 0.884. The fourth-order valence-electron chi connectivity index (χ4n) is 2.36. The van der Waals surface area contributed by atoms with Crippen LogP contribution in [-0.4, -0.2) is 72.7 Å². The van der Waals surface area contributed by atoms with Crippen molar-refractivity contribution >= 4 is 11.8 Å². The van der Waals surface area contributed by atoms with Crippen molar-refractivity contribution < 1.29 is 19.1 Å². The van der Waals surface area contributed by atoms with E-state index in [4.69, 9.17) is 9.47 Å². The summed E-state index contributed by atoms with van der Waals surface area (Å²) < 4.78 is 12.0. The number of hydrogen-bond acceptors (Lipinski definition) is 4. The molecule has 0 bridgehead atoms. The lowest BCUT2D eigenvalue weighted by Gasteiger charge is -2.30. The average Bonchev–Trinajstić information content (AvgIpc) is 2.93. The van der Waals surface area contributed by atoms with Crippen LogP contribution in [0.4, 0.5) is 0 Å². The van der Waals surface area contributed by atoms with Gasteiger partial charge in [-0.05, 0) is 26.0 Å². The summed E-state index contributed by atoms with van der Waals surface area (Å²) in [6, 6.07) is 3.84. The molecule has 0 aliphatic rings. The lowest BCUT2D eigenvalue weighted by Crippen LogP contribution is -2.47. The van der Waals surface area contributed by atoms with Crippen LogP contribution >= 0.6 is 0 Å². The quantitative estimate of drug-likeness (QED) is 0.635. The summed E-state index contributed by atoms with van der Waals surface area (Å²) in [7, 11) is 5.02. The molecule has 0 unspecified atom stereocenters. The Morgan fingerprint density at radius 1 is 1.21 bits per heavy atom. The maximum Gasteiger partial charge on any atom is 0.249 e. The van der Waals surface area contributed by atoms with Crippen molar-refractivity contribution in [1.82, 2.24) is 14.4 Å². The summed E-state index contributed by atoms with van der Waals surface area (Å²) in [4.78, 5) is 28.1. The van der Waals surface area contributed by atoms with Crippen molar-refractivity contribution in [3.8, 4) is 0 Å². The van der Waals surface area contributed by atoms with Gasteiger partial charge in [0.15, 0.2) is 0 Å². The van der Waals surface area contributed by atoms with Gasteiger partial charge in [0.25, 0.3) is 0 Å². The molecule has 0 saturated heterocycles. The molecule has 1 aromatic rings. The van der Waals surface area contributed by atoms with Crippen molar-refractivity contribution in [3.05, 3.63) is 24.0 Å². The number of rotatable bonds is 10. The maximum atomic E-state index is 12.7. The SMILES string of the molecule is COCCN(Cc1cccn1C)C(=O)CN(C(=O)COC)C(C)C. The number of amides is 2. The molecule has 0 aliphatic heterocycles. The lowest BCUT2D eigenvalue weighted by molar-refractivity contribution is -0.144. The van der Waals surface area contributed by atoms with E-state index < -0.39 is 0 Å². The Labute approximate surface area is 144 Å². The highest BCUT2D eigenvalue weighted by Gasteiger charge is 2.23. The molecule has 0 saturated carbocycles. The van der Waals surface area contributed by atoms with Gasteiger partial charge >= 0.3 is 0 Å². The predicted molar refractivity (Wildman–Crippen MR) is 91.4 cm³/mol. The summed E-state index contributed by atoms with van der Waals surface area (Å²) in [6.07, 6.45) is 1.94. The van der Waals surface area contributed by atoms with E-state index in [1.54, 1.807) is 12.0 Å². The third kappa shape index (κ3) is 5.98. The number of carbonyl (C=O) groups excluding carboxylic acids is 2. The Balaban J connectivity index is 2.81. The Hall–Kier alpha value is -1.86. The number of aryl methyl sites for hydroxylation is 1. The molecule has 1 aromatic heterocycles. The van der Waals surface area contributed by atoms with Gasteiger partial charge < -0.3 is 23.8 Å². The molecule has 1 rings (SSSR count). The van der Waals surface area contributed by atoms with Crippen molar-refractivity contribution in [2.75, 3.05) is 40.5 Å². The van der Waals surface area contributed by atoms with E-state index in [9.17, 15) is 9.59 Å². The van der Waals surface area contributed by atoms with Gasteiger partial charge in [-0.3, -0.25) is 9.59 Å². The van der Waals surface area contributed by atoms with Crippen molar-refractivity contribution in [2.45, 2.75) is 26.4 Å². The van der Waals surface area contributed by atoms with Gasteiger partial charge in [-0.15, -0.1) is 0 Å². The standard InChI is InChI=1S/C17H29N3O4/c1-14(2)20(17(22)13-24-5)12-16(21)19(9-10-23-4)11-15-7-6-8-18(15)3/h6-8,14H,9-13H2,1-5H3. The smallest absolute Gasteiger partial charge is 0.249 e. The van der Waals surface area contributed by atoms with Crippen LogP contribution in [0.2, 0.25) is 0 Å². The fraction of sp³-hybridized carbons (Fsp3) is 0.647. The van der Waals surface area contributed by atoms with E-state index in [0.717, 1.165) is 5.69 Å². The topological polar surface area (TPSA) is 64.0 Å². The molecule has 2 amide bonds. The largest absolute Gasteiger partial charge is 0.383 e. The minimum Gasteiger partial charge on any atom is -0.383 e. The van der Waals surface area contributed by atoms with Crippen LogP contribution in [0.15, 0.2) is 18.3 Å². The molecular weight excluding hydrogens is 310 g/mol. The van der Waals surface area contributed by atoms with Crippen LogP contribution in [-0.2, 0) is 32.7 Å². The molecule has 0 aliphatic carbocycles. The molecule has 136 valence electrons. The highest BCUT2D eigenvalue weighted by atomic mass is 16.5. The van der Waals surface area contributed by atoms with Crippen molar-refractivity contribution in [3.63, 3.8) is 0 Å². The van der Waals surface area contributed by atoms with Gasteiger partial charge in [0.1, 0.15) is 13.2 Å². The van der Waals surface area contributed by atoms with Crippen LogP contribution in [0.3, 0.4) is 0 Å². The van der Waals surface area contributed by atoms with Crippen LogP contribution in [0, 0.1) is 0 Å². The van der Waals surface area contributed by atoms with Gasteiger partial charge in [0.05, 0.1) is 13.2 Å². The zero-order chi connectivity index (χ0) is 18.1. The van der Waals surface area contributed by atoms with Crippen LogP contribution < -0.4 is 0 Å². The molecule has 0 N–H and O–H groups in total. The fourth-order valence-corrected chi connectivity index (χ4v) is 2.36. The second-order valence-corrected chi connectivity index (χ2v) is 5.97. The third-order valence-electron chi connectivity index (χ3n) is 3.84. The van der Waals surface area contributed by atoms with E-state index in [2.05, 4.69) is 0 Å². The normalized spacial score (nSPS) is 10.9. The number of ether oxygens (including phenoxy) is 2. The summed E-state index contributed by atoms with van der Waals surface area (Å²) in [5.41, 5.74) is 1.03. The number of aromatic nitrogens is 1. The molecule has 0 fully saturated rings. The summed E-state index contributed by atoms with van der Waals surface area (Å²) >= 11 is 0. The monoisotopic (exact) mass is 339 g/mol. The second-order valence-electron chi connectivity index (χ2n) is 5.97. The molecule has 1 heterocycles. The van der Waals surface area contributed by atoms with Crippen LogP contribution in [0.5, 0.6) is 0 Å². The number of methoxy groups -OCH3 is 2. The Bertz CT molecular complexity index is 528. The molecule has 0 aromatic carbocycles. The second kappa shape index (κ2) is 10.1. The first-order valence-corrected chi connectivity index (χ1v) is 8.06. The Morgan fingerprint density at radius 3 is 2.42 bits per heavy atom. The summed E-state index contributed by atoms with van der Waals surface area (Å²) in [6.45, 7) is 5.19. The highest BCUT2D eigenvalue weighted by molar-refractivity contribution is 5.85. The van der Waals surface area contributed by atoms with Crippen LogP contribution in [0.25, 0.3) is 0 Å². The highest BCUT2D eigenvalue weighted by Crippen LogP contribution is 2.08. The van der Waals surface area contributed by atoms with Gasteiger partial charge in [0, 0.05) is 45.7 Å². The number of nitrogens with zero attached hydrogens (tertiary/aromatic N) is 3. The van der Waals surface area contributed by atoms with Gasteiger partial charge in [-0.1, -0.05) is 0 Å². The third-order valence-corrected chi connectivity index (χ3v) is 3.84. The summed E-state index contributed by atoms with van der Waals surface area (Å²) in [5, 5.41) is 0. The number of hydrogen-bond donors (Lipinski definition) is 0. The Morgan fingerprint density at radius 2 is 1.92 bits per heavy atom. The maximum absolute atomic E-state index is 12.7. The van der Waals surface area contributed by atoms with Gasteiger partial charge in [-0.25, -0.2) is 0 Å². The molecule has 7 nitrogen and oxygen atoms in total. The Kier molecular flexibility index (Phi) is 8.49. The van der Waals surface area contributed by atoms with Crippen molar-refractivity contribution in [1.29, 1.82) is 0 Å². The van der Waals surface area contributed by atoms with E-state index in [1.165, 1.54) is 12.0 Å². The zero-order valence-corrected chi connectivity index (χ0v) is 15.3. The first-order valence-electron chi connectivity index (χ1n) is 8.06. The zero-order valence-electron chi connectivity index (χ0n) is 15.3. The minimum absolute atomic E-state index is 0.0264. The molecule has 0 radical (unpaired) electrons. The first-order chi connectivity index (χ1) is 11.4. The van der Waals surface area contributed by atoms with Crippen molar-refractivity contribution in [2.24, 2.45) is 7.05 Å². The van der Waals surface area contributed by atoms with Gasteiger partial charge in [-0.2, -0.15) is 0 Å². The first kappa shape index (κ1) is 20.2. The lowest BCUT2D eigenvalue weighted by atomic mass is 10.2. The van der Waals surface area contributed by atoms with E-state index in [1.807, 2.05) is 43.8 Å². The molecule has 7 heteroatoms. The molecule has 0 spiro atoms. The van der Waals surface area contributed by atoms with E-state index in [0.29, 0.717) is 19.7 Å². The molecule has 24 heavy (non-hydrogen) atoms. The van der Waals surface area contributed by atoms with E-state index in [-0.39, 0.29) is 31.0 Å². The molecule has 0 atom stereocenters. The minimum atomic E-state index is -0.189. The number of carbonyl (C=O) groups is 2.